The molecule has 0 bridgehead atoms. The zero-order valence-corrected chi connectivity index (χ0v) is 11.2. The van der Waals surface area contributed by atoms with Crippen LogP contribution in [-0.4, -0.2) is 30.0 Å². The van der Waals surface area contributed by atoms with Crippen molar-refractivity contribution in [1.82, 2.24) is 5.32 Å². The fourth-order valence-electron chi connectivity index (χ4n) is 2.31. The van der Waals surface area contributed by atoms with E-state index in [1.165, 1.54) is 25.2 Å². The molecule has 108 valence electrons. The first-order chi connectivity index (χ1) is 9.52. The molecule has 2 rings (SSSR count). The Balaban J connectivity index is 2.28. The molecule has 0 aromatic heterocycles. The zero-order valence-electron chi connectivity index (χ0n) is 11.2. The van der Waals surface area contributed by atoms with Gasteiger partial charge in [-0.15, -0.1) is 0 Å². The molecule has 7 heteroatoms. The van der Waals surface area contributed by atoms with Crippen LogP contribution in [0.25, 0.3) is 0 Å². The first-order valence-electron chi connectivity index (χ1n) is 6.45. The van der Waals surface area contributed by atoms with Crippen molar-refractivity contribution >= 4 is 11.6 Å². The molecular formula is C13H17N3O4. The lowest BCUT2D eigenvalue weighted by Crippen LogP contribution is -2.33. The standard InChI is InChI=1S/C13H17N3O4/c1-15-13(17)8-5-6-12(10(7-8)16(18)19)20-11-4-2-3-9(11)14/h5-7,9,11H,2-4,14H2,1H3,(H,15,17). The average Bonchev–Trinajstić information content (AvgIpc) is 2.83. The van der Waals surface area contributed by atoms with E-state index in [1.54, 1.807) is 0 Å². The van der Waals surface area contributed by atoms with Gasteiger partial charge in [0.25, 0.3) is 5.91 Å². The molecule has 1 aromatic rings. The highest BCUT2D eigenvalue weighted by Crippen LogP contribution is 2.31. The van der Waals surface area contributed by atoms with Crippen LogP contribution in [0.4, 0.5) is 5.69 Å². The lowest BCUT2D eigenvalue weighted by Gasteiger charge is -2.17. The average molecular weight is 279 g/mol. The molecule has 3 N–H and O–H groups in total. The molecule has 1 saturated carbocycles. The van der Waals surface area contributed by atoms with Crippen LogP contribution in [0.3, 0.4) is 0 Å². The molecule has 20 heavy (non-hydrogen) atoms. The number of hydrogen-bond acceptors (Lipinski definition) is 5. The SMILES string of the molecule is CNC(=O)c1ccc(OC2CCCC2N)c([N+](=O)[O-])c1. The van der Waals surface area contributed by atoms with Crippen LogP contribution in [0.2, 0.25) is 0 Å². The van der Waals surface area contributed by atoms with Gasteiger partial charge >= 0.3 is 5.69 Å². The van der Waals surface area contributed by atoms with E-state index in [4.69, 9.17) is 10.5 Å². The summed E-state index contributed by atoms with van der Waals surface area (Å²) in [5.41, 5.74) is 5.90. The maximum atomic E-state index is 11.5. The van der Waals surface area contributed by atoms with E-state index in [0.717, 1.165) is 19.3 Å². The third-order valence-electron chi connectivity index (χ3n) is 3.43. The van der Waals surface area contributed by atoms with Gasteiger partial charge in [0, 0.05) is 24.7 Å². The molecule has 1 amide bonds. The summed E-state index contributed by atoms with van der Waals surface area (Å²) in [4.78, 5) is 22.1. The van der Waals surface area contributed by atoms with Crippen LogP contribution in [0.1, 0.15) is 29.6 Å². The number of ether oxygens (including phenoxy) is 1. The molecule has 1 aliphatic rings. The topological polar surface area (TPSA) is 107 Å². The molecule has 1 fully saturated rings. The first kappa shape index (κ1) is 14.3. The summed E-state index contributed by atoms with van der Waals surface area (Å²) in [6, 6.07) is 4.07. The number of nitrogens with zero attached hydrogens (tertiary/aromatic N) is 1. The lowest BCUT2D eigenvalue weighted by molar-refractivity contribution is -0.386. The summed E-state index contributed by atoms with van der Waals surface area (Å²) in [6.45, 7) is 0. The van der Waals surface area contributed by atoms with E-state index >= 15 is 0 Å². The molecule has 7 nitrogen and oxygen atoms in total. The molecule has 2 unspecified atom stereocenters. The monoisotopic (exact) mass is 279 g/mol. The van der Waals surface area contributed by atoms with Crippen LogP contribution in [-0.2, 0) is 0 Å². The van der Waals surface area contributed by atoms with Crippen LogP contribution < -0.4 is 15.8 Å². The van der Waals surface area contributed by atoms with Gasteiger partial charge in [-0.25, -0.2) is 0 Å². The van der Waals surface area contributed by atoms with Crippen molar-refractivity contribution in [2.45, 2.75) is 31.4 Å². The van der Waals surface area contributed by atoms with E-state index < -0.39 is 4.92 Å². The van der Waals surface area contributed by atoms with Crippen molar-refractivity contribution in [2.75, 3.05) is 7.05 Å². The summed E-state index contributed by atoms with van der Waals surface area (Å²) < 4.78 is 5.65. The number of nitro benzene ring substituents is 1. The van der Waals surface area contributed by atoms with Crippen LogP contribution in [0.15, 0.2) is 18.2 Å². The number of rotatable bonds is 4. The van der Waals surface area contributed by atoms with Gasteiger partial charge in [-0.05, 0) is 31.4 Å². The summed E-state index contributed by atoms with van der Waals surface area (Å²) in [7, 11) is 1.47. The second-order valence-corrected chi connectivity index (χ2v) is 4.77. The highest BCUT2D eigenvalue weighted by Gasteiger charge is 2.28. The van der Waals surface area contributed by atoms with Crippen molar-refractivity contribution in [3.05, 3.63) is 33.9 Å². The number of hydrogen-bond donors (Lipinski definition) is 2. The largest absolute Gasteiger partial charge is 0.482 e. The van der Waals surface area contributed by atoms with Crippen molar-refractivity contribution < 1.29 is 14.5 Å². The number of nitro groups is 1. The molecule has 0 saturated heterocycles. The van der Waals surface area contributed by atoms with E-state index in [1.807, 2.05) is 0 Å². The van der Waals surface area contributed by atoms with Crippen molar-refractivity contribution in [3.63, 3.8) is 0 Å². The Bertz CT molecular complexity index is 532. The third-order valence-corrected chi connectivity index (χ3v) is 3.43. The molecule has 2 atom stereocenters. The Labute approximate surface area is 116 Å². The first-order valence-corrected chi connectivity index (χ1v) is 6.45. The number of benzene rings is 1. The summed E-state index contributed by atoms with van der Waals surface area (Å²) in [6.07, 6.45) is 2.39. The predicted molar refractivity (Wildman–Crippen MR) is 72.7 cm³/mol. The van der Waals surface area contributed by atoms with Gasteiger partial charge < -0.3 is 15.8 Å². The summed E-state index contributed by atoms with van der Waals surface area (Å²) in [5, 5.41) is 13.5. The van der Waals surface area contributed by atoms with Gasteiger partial charge in [0.1, 0.15) is 6.10 Å². The molecule has 1 aliphatic carbocycles. The summed E-state index contributed by atoms with van der Waals surface area (Å²) in [5.74, 6) is -0.220. The third kappa shape index (κ3) is 2.88. The van der Waals surface area contributed by atoms with Gasteiger partial charge in [-0.3, -0.25) is 14.9 Å². The van der Waals surface area contributed by atoms with Gasteiger partial charge in [-0.1, -0.05) is 0 Å². The van der Waals surface area contributed by atoms with Gasteiger partial charge in [0.2, 0.25) is 0 Å². The quantitative estimate of drug-likeness (QED) is 0.636. The normalized spacial score (nSPS) is 21.5. The van der Waals surface area contributed by atoms with Crippen LogP contribution >= 0.6 is 0 Å². The van der Waals surface area contributed by atoms with E-state index in [-0.39, 0.29) is 35.1 Å². The Kier molecular flexibility index (Phi) is 4.19. The highest BCUT2D eigenvalue weighted by atomic mass is 16.6. The number of amides is 1. The lowest BCUT2D eigenvalue weighted by atomic mass is 10.1. The van der Waals surface area contributed by atoms with E-state index in [0.29, 0.717) is 0 Å². The summed E-state index contributed by atoms with van der Waals surface area (Å²) >= 11 is 0. The van der Waals surface area contributed by atoms with Crippen molar-refractivity contribution in [3.8, 4) is 5.75 Å². The zero-order chi connectivity index (χ0) is 14.7. The predicted octanol–water partition coefficient (Wildman–Crippen LogP) is 1.21. The maximum absolute atomic E-state index is 11.5. The van der Waals surface area contributed by atoms with Crippen LogP contribution in [0, 0.1) is 10.1 Å². The Hall–Kier alpha value is -2.15. The molecule has 1 aromatic carbocycles. The van der Waals surface area contributed by atoms with Crippen LogP contribution in [0.5, 0.6) is 5.75 Å². The van der Waals surface area contributed by atoms with E-state index in [9.17, 15) is 14.9 Å². The molecule has 0 aliphatic heterocycles. The maximum Gasteiger partial charge on any atom is 0.311 e. The van der Waals surface area contributed by atoms with Crippen molar-refractivity contribution in [1.29, 1.82) is 0 Å². The Morgan fingerprint density at radius 1 is 1.50 bits per heavy atom. The number of carbonyl (C=O) groups is 1. The van der Waals surface area contributed by atoms with Gasteiger partial charge in [0.15, 0.2) is 5.75 Å². The molecular weight excluding hydrogens is 262 g/mol. The molecule has 0 radical (unpaired) electrons. The van der Waals surface area contributed by atoms with Crippen molar-refractivity contribution in [2.24, 2.45) is 5.73 Å². The number of nitrogens with two attached hydrogens (primary N) is 1. The fraction of sp³-hybridized carbons (Fsp3) is 0.462. The second-order valence-electron chi connectivity index (χ2n) is 4.77. The Morgan fingerprint density at radius 3 is 2.80 bits per heavy atom. The molecule has 0 heterocycles. The highest BCUT2D eigenvalue weighted by molar-refractivity contribution is 5.94. The van der Waals surface area contributed by atoms with E-state index in [2.05, 4.69) is 5.32 Å². The minimum absolute atomic E-state index is 0.103. The van der Waals surface area contributed by atoms with Gasteiger partial charge in [0.05, 0.1) is 4.92 Å². The molecule has 0 spiro atoms. The minimum Gasteiger partial charge on any atom is -0.482 e. The van der Waals surface area contributed by atoms with Gasteiger partial charge in [-0.2, -0.15) is 0 Å². The fourth-order valence-corrected chi connectivity index (χ4v) is 2.31. The smallest absolute Gasteiger partial charge is 0.311 e. The second kappa shape index (κ2) is 5.87. The number of carbonyl (C=O) groups excluding carboxylic acids is 1. The number of nitrogens with one attached hydrogen (secondary N) is 1. The Morgan fingerprint density at radius 2 is 2.25 bits per heavy atom. The minimum atomic E-state index is -0.553.